The molecular formula is C17H18Cl2N6S. The van der Waals surface area contributed by atoms with Crippen molar-refractivity contribution in [3.8, 4) is 0 Å². The largest absolute Gasteiger partial charge is 0.264 e. The van der Waals surface area contributed by atoms with E-state index in [1.807, 2.05) is 43.7 Å². The van der Waals surface area contributed by atoms with Crippen LogP contribution in [-0.4, -0.2) is 30.9 Å². The van der Waals surface area contributed by atoms with Crippen LogP contribution in [0.4, 0.5) is 0 Å². The minimum atomic E-state index is 0.462. The van der Waals surface area contributed by atoms with Gasteiger partial charge in [-0.2, -0.15) is 20.0 Å². The molecule has 0 radical (unpaired) electrons. The van der Waals surface area contributed by atoms with E-state index in [-0.39, 0.29) is 0 Å². The summed E-state index contributed by atoms with van der Waals surface area (Å²) in [6.07, 6.45) is 2.49. The molecule has 0 saturated carbocycles. The zero-order chi connectivity index (χ0) is 18.8. The summed E-state index contributed by atoms with van der Waals surface area (Å²) in [6, 6.07) is 5.47. The maximum atomic E-state index is 6.28. The van der Waals surface area contributed by atoms with Crippen molar-refractivity contribution in [2.45, 2.75) is 33.7 Å². The van der Waals surface area contributed by atoms with Crippen LogP contribution in [0.2, 0.25) is 10.0 Å². The Kier molecular flexibility index (Phi) is 5.60. The third-order valence-corrected chi connectivity index (χ3v) is 5.12. The molecule has 0 spiro atoms. The molecule has 0 amide bonds. The minimum Gasteiger partial charge on any atom is -0.264 e. The fourth-order valence-corrected chi connectivity index (χ4v) is 3.39. The highest BCUT2D eigenvalue weighted by atomic mass is 35.5. The molecule has 2 heterocycles. The SMILES string of the molecule is CCc1n[nH]c(=S)n1N=Cc1c(C)nn(Cc2c(Cl)cccc2Cl)c1C. The molecule has 0 fully saturated rings. The molecule has 0 unspecified atom stereocenters. The van der Waals surface area contributed by atoms with E-state index in [2.05, 4.69) is 20.4 Å². The molecule has 0 saturated heterocycles. The number of benzene rings is 1. The Morgan fingerprint density at radius 1 is 1.27 bits per heavy atom. The van der Waals surface area contributed by atoms with Gasteiger partial charge in [0, 0.05) is 33.3 Å². The molecule has 1 N–H and O–H groups in total. The second kappa shape index (κ2) is 7.73. The van der Waals surface area contributed by atoms with Crippen molar-refractivity contribution in [3.63, 3.8) is 0 Å². The predicted octanol–water partition coefficient (Wildman–Crippen LogP) is 4.55. The summed E-state index contributed by atoms with van der Waals surface area (Å²) >= 11 is 17.8. The van der Waals surface area contributed by atoms with Gasteiger partial charge in [-0.3, -0.25) is 9.78 Å². The van der Waals surface area contributed by atoms with Gasteiger partial charge in [-0.05, 0) is 38.2 Å². The van der Waals surface area contributed by atoms with Gasteiger partial charge in [-0.1, -0.05) is 36.2 Å². The van der Waals surface area contributed by atoms with Gasteiger partial charge in [0.05, 0.1) is 18.5 Å². The molecule has 6 nitrogen and oxygen atoms in total. The fourth-order valence-electron chi connectivity index (χ4n) is 2.67. The minimum absolute atomic E-state index is 0.462. The second-order valence-corrected chi connectivity index (χ2v) is 7.00. The Labute approximate surface area is 166 Å². The van der Waals surface area contributed by atoms with Crippen molar-refractivity contribution in [1.82, 2.24) is 24.7 Å². The molecular weight excluding hydrogens is 391 g/mol. The van der Waals surface area contributed by atoms with Gasteiger partial charge >= 0.3 is 0 Å². The number of rotatable bonds is 5. The number of aromatic amines is 1. The molecule has 9 heteroatoms. The van der Waals surface area contributed by atoms with Gasteiger partial charge in [0.15, 0.2) is 5.82 Å². The van der Waals surface area contributed by atoms with E-state index >= 15 is 0 Å². The van der Waals surface area contributed by atoms with Crippen LogP contribution in [0.15, 0.2) is 23.3 Å². The first-order chi connectivity index (χ1) is 12.4. The second-order valence-electron chi connectivity index (χ2n) is 5.80. The highest BCUT2D eigenvalue weighted by Gasteiger charge is 2.13. The van der Waals surface area contributed by atoms with E-state index in [0.29, 0.717) is 21.4 Å². The molecule has 136 valence electrons. The number of H-pyrrole nitrogens is 1. The number of nitrogens with zero attached hydrogens (tertiary/aromatic N) is 5. The summed E-state index contributed by atoms with van der Waals surface area (Å²) in [6.45, 7) is 6.42. The number of hydrogen-bond donors (Lipinski definition) is 1. The van der Waals surface area contributed by atoms with E-state index in [9.17, 15) is 0 Å². The number of aromatic nitrogens is 5. The monoisotopic (exact) mass is 408 g/mol. The van der Waals surface area contributed by atoms with E-state index < -0.39 is 0 Å². The maximum Gasteiger partial charge on any atom is 0.216 e. The van der Waals surface area contributed by atoms with Crippen molar-refractivity contribution >= 4 is 41.6 Å². The standard InChI is InChI=1S/C17H18Cl2N6S/c1-4-16-21-22-17(26)25(16)20-8-12-10(2)23-24(11(12)3)9-13-14(18)6-5-7-15(13)19/h5-8H,4,9H2,1-3H3,(H,22,26). The van der Waals surface area contributed by atoms with E-state index in [1.165, 1.54) is 0 Å². The number of nitrogens with one attached hydrogen (secondary N) is 1. The highest BCUT2D eigenvalue weighted by Crippen LogP contribution is 2.26. The lowest BCUT2D eigenvalue weighted by molar-refractivity contribution is 0.659. The molecule has 0 bridgehead atoms. The number of hydrogen-bond acceptors (Lipinski definition) is 4. The number of aryl methyl sites for hydroxylation is 2. The van der Waals surface area contributed by atoms with Crippen LogP contribution < -0.4 is 0 Å². The Morgan fingerprint density at radius 2 is 1.96 bits per heavy atom. The lowest BCUT2D eigenvalue weighted by Gasteiger charge is -2.08. The van der Waals surface area contributed by atoms with Crippen LogP contribution in [0.5, 0.6) is 0 Å². The van der Waals surface area contributed by atoms with Gasteiger partial charge < -0.3 is 0 Å². The van der Waals surface area contributed by atoms with Crippen LogP contribution in [-0.2, 0) is 13.0 Å². The van der Waals surface area contributed by atoms with Gasteiger partial charge in [0.25, 0.3) is 0 Å². The van der Waals surface area contributed by atoms with Crippen LogP contribution in [0.3, 0.4) is 0 Å². The Balaban J connectivity index is 1.95. The van der Waals surface area contributed by atoms with Crippen molar-refractivity contribution < 1.29 is 0 Å². The summed E-state index contributed by atoms with van der Waals surface area (Å²) < 4.78 is 3.96. The molecule has 3 aromatic rings. The summed E-state index contributed by atoms with van der Waals surface area (Å²) in [5.41, 5.74) is 3.60. The van der Waals surface area contributed by atoms with Crippen LogP contribution >= 0.6 is 35.4 Å². The fraction of sp³-hybridized carbons (Fsp3) is 0.294. The highest BCUT2D eigenvalue weighted by molar-refractivity contribution is 7.71. The molecule has 2 aromatic heterocycles. The molecule has 0 aliphatic carbocycles. The molecule has 26 heavy (non-hydrogen) atoms. The molecule has 0 aliphatic heterocycles. The van der Waals surface area contributed by atoms with Gasteiger partial charge in [0.1, 0.15) is 0 Å². The van der Waals surface area contributed by atoms with Crippen molar-refractivity contribution in [2.75, 3.05) is 0 Å². The Morgan fingerprint density at radius 3 is 2.62 bits per heavy atom. The van der Waals surface area contributed by atoms with E-state index in [0.717, 1.165) is 34.8 Å². The maximum absolute atomic E-state index is 6.28. The lowest BCUT2D eigenvalue weighted by atomic mass is 10.2. The van der Waals surface area contributed by atoms with Crippen LogP contribution in [0.25, 0.3) is 0 Å². The third-order valence-electron chi connectivity index (χ3n) is 4.14. The summed E-state index contributed by atoms with van der Waals surface area (Å²) in [7, 11) is 0. The van der Waals surface area contributed by atoms with Crippen LogP contribution in [0.1, 0.15) is 35.3 Å². The first-order valence-electron chi connectivity index (χ1n) is 8.10. The first-order valence-corrected chi connectivity index (χ1v) is 9.26. The Bertz CT molecular complexity index is 1010. The van der Waals surface area contributed by atoms with Gasteiger partial charge in [-0.25, -0.2) is 0 Å². The summed E-state index contributed by atoms with van der Waals surface area (Å²) in [5, 5.41) is 17.2. The third kappa shape index (κ3) is 3.60. The smallest absolute Gasteiger partial charge is 0.216 e. The topological polar surface area (TPSA) is 63.8 Å². The normalized spacial score (nSPS) is 11.6. The van der Waals surface area contributed by atoms with Gasteiger partial charge in [0.2, 0.25) is 4.77 Å². The molecule has 0 atom stereocenters. The zero-order valence-corrected chi connectivity index (χ0v) is 17.0. The predicted molar refractivity (Wildman–Crippen MR) is 107 cm³/mol. The lowest BCUT2D eigenvalue weighted by Crippen LogP contribution is -2.05. The molecule has 0 aliphatic rings. The zero-order valence-electron chi connectivity index (χ0n) is 14.6. The molecule has 3 rings (SSSR count). The summed E-state index contributed by atoms with van der Waals surface area (Å²) in [4.78, 5) is 0. The van der Waals surface area contributed by atoms with E-state index in [4.69, 9.17) is 35.4 Å². The first kappa shape index (κ1) is 18.8. The van der Waals surface area contributed by atoms with Crippen molar-refractivity contribution in [2.24, 2.45) is 5.10 Å². The summed E-state index contributed by atoms with van der Waals surface area (Å²) in [5.74, 6) is 0.775. The average molecular weight is 409 g/mol. The quantitative estimate of drug-likeness (QED) is 0.497. The number of halogens is 2. The Hall–Kier alpha value is -1.96. The van der Waals surface area contributed by atoms with Gasteiger partial charge in [-0.15, -0.1) is 0 Å². The van der Waals surface area contributed by atoms with E-state index in [1.54, 1.807) is 10.9 Å². The van der Waals surface area contributed by atoms with Crippen molar-refractivity contribution in [1.29, 1.82) is 0 Å². The average Bonchev–Trinajstić information content (AvgIpc) is 3.09. The van der Waals surface area contributed by atoms with Crippen LogP contribution in [0, 0.1) is 18.6 Å². The van der Waals surface area contributed by atoms with Crippen molar-refractivity contribution in [3.05, 3.63) is 61.4 Å². The molecule has 1 aromatic carbocycles.